The minimum atomic E-state index is 1.23. The SMILES string of the molecule is CC.CC.Cc1cccn2ncc(C)c12. The van der Waals surface area contributed by atoms with E-state index >= 15 is 0 Å². The van der Waals surface area contributed by atoms with E-state index in [4.69, 9.17) is 0 Å². The number of nitrogens with zero attached hydrogens (tertiary/aromatic N) is 2. The van der Waals surface area contributed by atoms with Gasteiger partial charge in [-0.15, -0.1) is 0 Å². The van der Waals surface area contributed by atoms with E-state index in [2.05, 4.69) is 25.0 Å². The highest BCUT2D eigenvalue weighted by atomic mass is 15.2. The summed E-state index contributed by atoms with van der Waals surface area (Å²) in [5.41, 5.74) is 3.75. The van der Waals surface area contributed by atoms with Gasteiger partial charge >= 0.3 is 0 Å². The number of fused-ring (bicyclic) bond motifs is 1. The average molecular weight is 206 g/mol. The third kappa shape index (κ3) is 3.08. The Balaban J connectivity index is 0.000000442. The Morgan fingerprint density at radius 2 is 1.60 bits per heavy atom. The van der Waals surface area contributed by atoms with Gasteiger partial charge in [0, 0.05) is 6.20 Å². The van der Waals surface area contributed by atoms with Crippen LogP contribution in [0, 0.1) is 13.8 Å². The normalized spacial score (nSPS) is 8.67. The zero-order valence-corrected chi connectivity index (χ0v) is 10.7. The van der Waals surface area contributed by atoms with E-state index in [-0.39, 0.29) is 0 Å². The van der Waals surface area contributed by atoms with Crippen LogP contribution in [-0.2, 0) is 0 Å². The first-order chi connectivity index (χ1) is 7.29. The van der Waals surface area contributed by atoms with Gasteiger partial charge in [-0.1, -0.05) is 33.8 Å². The Hall–Kier alpha value is -1.31. The van der Waals surface area contributed by atoms with Crippen LogP contribution in [0.3, 0.4) is 0 Å². The van der Waals surface area contributed by atoms with Crippen molar-refractivity contribution in [3.05, 3.63) is 35.7 Å². The molecule has 2 aromatic rings. The Bertz CT molecular complexity index is 388. The van der Waals surface area contributed by atoms with Gasteiger partial charge in [0.05, 0.1) is 11.7 Å². The van der Waals surface area contributed by atoms with Crippen molar-refractivity contribution in [1.82, 2.24) is 9.61 Å². The zero-order valence-electron chi connectivity index (χ0n) is 10.7. The predicted octanol–water partition coefficient (Wildman–Crippen LogP) is 4.00. The molecule has 0 radical (unpaired) electrons. The number of rotatable bonds is 0. The lowest BCUT2D eigenvalue weighted by atomic mass is 10.2. The fraction of sp³-hybridized carbons (Fsp3) is 0.462. The fourth-order valence-electron chi connectivity index (χ4n) is 1.40. The van der Waals surface area contributed by atoms with Crippen molar-refractivity contribution in [2.45, 2.75) is 41.5 Å². The lowest BCUT2D eigenvalue weighted by molar-refractivity contribution is 0.956. The van der Waals surface area contributed by atoms with Crippen molar-refractivity contribution in [3.8, 4) is 0 Å². The number of aromatic nitrogens is 2. The van der Waals surface area contributed by atoms with Crippen LogP contribution < -0.4 is 0 Å². The second-order valence-electron chi connectivity index (χ2n) is 2.81. The molecule has 0 atom stereocenters. The first kappa shape index (κ1) is 13.7. The smallest absolute Gasteiger partial charge is 0.0719 e. The third-order valence-corrected chi connectivity index (χ3v) is 1.93. The van der Waals surface area contributed by atoms with E-state index in [1.807, 2.05) is 50.7 Å². The third-order valence-electron chi connectivity index (χ3n) is 1.93. The standard InChI is InChI=1S/C9H10N2.2C2H6/c1-7-4-3-5-11-9(7)8(2)6-10-11;2*1-2/h3-6H,1-2H3;2*1-2H3. The molecule has 2 rings (SSSR count). The summed E-state index contributed by atoms with van der Waals surface area (Å²) in [7, 11) is 0. The van der Waals surface area contributed by atoms with Crippen LogP contribution >= 0.6 is 0 Å². The van der Waals surface area contributed by atoms with Crippen molar-refractivity contribution >= 4 is 5.52 Å². The molecule has 0 spiro atoms. The van der Waals surface area contributed by atoms with Crippen LogP contribution in [0.5, 0.6) is 0 Å². The summed E-state index contributed by atoms with van der Waals surface area (Å²) in [5, 5.41) is 4.20. The monoisotopic (exact) mass is 206 g/mol. The van der Waals surface area contributed by atoms with Crippen LogP contribution in [0.2, 0.25) is 0 Å². The summed E-state index contributed by atoms with van der Waals surface area (Å²) in [6.45, 7) is 12.2. The summed E-state index contributed by atoms with van der Waals surface area (Å²) in [6.07, 6.45) is 3.86. The Morgan fingerprint density at radius 3 is 2.13 bits per heavy atom. The minimum Gasteiger partial charge on any atom is -0.240 e. The summed E-state index contributed by atoms with van der Waals surface area (Å²) in [4.78, 5) is 0. The van der Waals surface area contributed by atoms with Crippen molar-refractivity contribution in [2.24, 2.45) is 0 Å². The molecule has 2 heteroatoms. The molecule has 0 aliphatic rings. The van der Waals surface area contributed by atoms with E-state index in [1.54, 1.807) is 0 Å². The van der Waals surface area contributed by atoms with Gasteiger partial charge in [0.15, 0.2) is 0 Å². The van der Waals surface area contributed by atoms with Crippen molar-refractivity contribution in [2.75, 3.05) is 0 Å². The van der Waals surface area contributed by atoms with Crippen LogP contribution in [0.1, 0.15) is 38.8 Å². The van der Waals surface area contributed by atoms with Gasteiger partial charge in [-0.2, -0.15) is 5.10 Å². The van der Waals surface area contributed by atoms with E-state index in [1.165, 1.54) is 16.6 Å². The first-order valence-corrected chi connectivity index (χ1v) is 5.68. The number of pyridine rings is 1. The quantitative estimate of drug-likeness (QED) is 0.636. The molecule has 0 saturated heterocycles. The number of hydrogen-bond donors (Lipinski definition) is 0. The molecule has 2 nitrogen and oxygen atoms in total. The van der Waals surface area contributed by atoms with Gasteiger partial charge in [-0.05, 0) is 31.0 Å². The summed E-state index contributed by atoms with van der Waals surface area (Å²) in [6, 6.07) is 4.11. The molecule has 0 aromatic carbocycles. The molecule has 0 saturated carbocycles. The topological polar surface area (TPSA) is 17.3 Å². The summed E-state index contributed by atoms with van der Waals surface area (Å²) >= 11 is 0. The molecular weight excluding hydrogens is 184 g/mol. The Morgan fingerprint density at radius 1 is 1.00 bits per heavy atom. The molecule has 84 valence electrons. The second-order valence-corrected chi connectivity index (χ2v) is 2.81. The molecule has 2 aromatic heterocycles. The van der Waals surface area contributed by atoms with E-state index in [0.29, 0.717) is 0 Å². The van der Waals surface area contributed by atoms with Crippen molar-refractivity contribution < 1.29 is 0 Å². The Labute approximate surface area is 92.9 Å². The van der Waals surface area contributed by atoms with Crippen LogP contribution in [-0.4, -0.2) is 9.61 Å². The van der Waals surface area contributed by atoms with Gasteiger partial charge in [0.1, 0.15) is 0 Å². The average Bonchev–Trinajstić information content (AvgIpc) is 2.68. The van der Waals surface area contributed by atoms with Gasteiger partial charge in [-0.3, -0.25) is 0 Å². The molecule has 0 unspecified atom stereocenters. The lowest BCUT2D eigenvalue weighted by Gasteiger charge is -1.96. The summed E-state index contributed by atoms with van der Waals surface area (Å²) < 4.78 is 1.91. The molecule has 2 heterocycles. The molecule has 0 aliphatic carbocycles. The Kier molecular flexibility index (Phi) is 6.43. The highest BCUT2D eigenvalue weighted by molar-refractivity contribution is 5.58. The second kappa shape index (κ2) is 7.04. The molecular formula is C13H22N2. The van der Waals surface area contributed by atoms with Crippen LogP contribution in [0.25, 0.3) is 5.52 Å². The molecule has 0 fully saturated rings. The highest BCUT2D eigenvalue weighted by Gasteiger charge is 1.99. The predicted molar refractivity (Wildman–Crippen MR) is 67.4 cm³/mol. The summed E-state index contributed by atoms with van der Waals surface area (Å²) in [5.74, 6) is 0. The van der Waals surface area contributed by atoms with Gasteiger partial charge in [-0.25, -0.2) is 4.52 Å². The first-order valence-electron chi connectivity index (χ1n) is 5.68. The van der Waals surface area contributed by atoms with Gasteiger partial charge in [0.2, 0.25) is 0 Å². The number of aryl methyl sites for hydroxylation is 2. The van der Waals surface area contributed by atoms with E-state index in [0.717, 1.165) is 0 Å². The fourth-order valence-corrected chi connectivity index (χ4v) is 1.40. The highest BCUT2D eigenvalue weighted by Crippen LogP contribution is 2.12. The minimum absolute atomic E-state index is 1.23. The molecule has 0 aliphatic heterocycles. The zero-order chi connectivity index (χ0) is 11.8. The molecule has 0 N–H and O–H groups in total. The maximum absolute atomic E-state index is 4.20. The molecule has 0 amide bonds. The maximum Gasteiger partial charge on any atom is 0.0719 e. The van der Waals surface area contributed by atoms with Crippen LogP contribution in [0.15, 0.2) is 24.5 Å². The largest absolute Gasteiger partial charge is 0.240 e. The lowest BCUT2D eigenvalue weighted by Crippen LogP contribution is -1.87. The maximum atomic E-state index is 4.20. The van der Waals surface area contributed by atoms with E-state index < -0.39 is 0 Å². The molecule has 0 bridgehead atoms. The van der Waals surface area contributed by atoms with Gasteiger partial charge < -0.3 is 0 Å². The number of hydrogen-bond acceptors (Lipinski definition) is 1. The van der Waals surface area contributed by atoms with Gasteiger partial charge in [0.25, 0.3) is 0 Å². The van der Waals surface area contributed by atoms with E-state index in [9.17, 15) is 0 Å². The van der Waals surface area contributed by atoms with Crippen LogP contribution in [0.4, 0.5) is 0 Å². The van der Waals surface area contributed by atoms with Crippen molar-refractivity contribution in [3.63, 3.8) is 0 Å². The van der Waals surface area contributed by atoms with Crippen molar-refractivity contribution in [1.29, 1.82) is 0 Å². The molecule has 15 heavy (non-hydrogen) atoms.